The molecule has 0 spiro atoms. The molecule has 2 saturated heterocycles. The first-order chi connectivity index (χ1) is 11.1. The number of imide groups is 1. The Morgan fingerprint density at radius 3 is 2.87 bits per heavy atom. The summed E-state index contributed by atoms with van der Waals surface area (Å²) in [6.45, 7) is 4.49. The van der Waals surface area contributed by atoms with Gasteiger partial charge in [0.25, 0.3) is 5.91 Å². The minimum Gasteiger partial charge on any atom is -0.333 e. The third-order valence-electron chi connectivity index (χ3n) is 4.21. The number of carbonyl (C=O) groups is 3. The van der Waals surface area contributed by atoms with E-state index in [2.05, 4.69) is 10.6 Å². The number of amides is 4. The van der Waals surface area contributed by atoms with Crippen LogP contribution in [-0.2, 0) is 11.3 Å². The van der Waals surface area contributed by atoms with Crippen LogP contribution >= 0.6 is 0 Å². The molecule has 3 rings (SSSR count). The van der Waals surface area contributed by atoms with Gasteiger partial charge in [0.1, 0.15) is 0 Å². The molecule has 0 saturated carbocycles. The van der Waals surface area contributed by atoms with Crippen LogP contribution in [0.1, 0.15) is 22.8 Å². The minimum atomic E-state index is -0.387. The van der Waals surface area contributed by atoms with Crippen LogP contribution in [0, 0.1) is 0 Å². The Morgan fingerprint density at radius 2 is 2.17 bits per heavy atom. The van der Waals surface area contributed by atoms with E-state index in [4.69, 9.17) is 0 Å². The standard InChI is InChI=1S/C16H20N4O3/c1-11-8-17-5-6-19(11)15(22)13-4-2-3-12(7-13)10-20-14(21)9-18-16(20)23/h2-4,7,11,17H,5-6,8-10H2,1H3,(H,18,23). The third-order valence-corrected chi connectivity index (χ3v) is 4.21. The quantitative estimate of drug-likeness (QED) is 0.779. The monoisotopic (exact) mass is 316 g/mol. The Hall–Kier alpha value is -2.41. The maximum Gasteiger partial charge on any atom is 0.324 e. The second-order valence-corrected chi connectivity index (χ2v) is 5.89. The molecule has 0 aliphatic carbocycles. The van der Waals surface area contributed by atoms with Crippen LogP contribution in [-0.4, -0.2) is 59.9 Å². The summed E-state index contributed by atoms with van der Waals surface area (Å²) in [7, 11) is 0. The average molecular weight is 316 g/mol. The van der Waals surface area contributed by atoms with Crippen molar-refractivity contribution < 1.29 is 14.4 Å². The maximum atomic E-state index is 12.7. The fourth-order valence-electron chi connectivity index (χ4n) is 2.91. The van der Waals surface area contributed by atoms with E-state index in [-0.39, 0.29) is 37.0 Å². The fourth-order valence-corrected chi connectivity index (χ4v) is 2.91. The van der Waals surface area contributed by atoms with Crippen molar-refractivity contribution in [3.05, 3.63) is 35.4 Å². The van der Waals surface area contributed by atoms with Crippen LogP contribution in [0.5, 0.6) is 0 Å². The van der Waals surface area contributed by atoms with Gasteiger partial charge in [0, 0.05) is 31.2 Å². The molecule has 0 radical (unpaired) electrons. The Labute approximate surface area is 134 Å². The van der Waals surface area contributed by atoms with Gasteiger partial charge in [0.15, 0.2) is 0 Å². The first-order valence-electron chi connectivity index (χ1n) is 7.75. The number of urea groups is 1. The summed E-state index contributed by atoms with van der Waals surface area (Å²) in [5.41, 5.74) is 1.35. The van der Waals surface area contributed by atoms with E-state index in [1.807, 2.05) is 17.9 Å². The summed E-state index contributed by atoms with van der Waals surface area (Å²) in [6, 6.07) is 6.89. The number of carbonyl (C=O) groups excluding carboxylic acids is 3. The molecule has 122 valence electrons. The summed E-state index contributed by atoms with van der Waals surface area (Å²) in [6.07, 6.45) is 0. The van der Waals surface area contributed by atoms with Gasteiger partial charge in [-0.15, -0.1) is 0 Å². The normalized spacial score (nSPS) is 21.5. The minimum absolute atomic E-state index is 0.0157. The molecule has 2 fully saturated rings. The molecule has 1 unspecified atom stereocenters. The molecule has 2 heterocycles. The van der Waals surface area contributed by atoms with Gasteiger partial charge in [-0.25, -0.2) is 4.79 Å². The van der Waals surface area contributed by atoms with E-state index >= 15 is 0 Å². The van der Waals surface area contributed by atoms with E-state index in [1.165, 1.54) is 0 Å². The molecule has 23 heavy (non-hydrogen) atoms. The van der Waals surface area contributed by atoms with E-state index < -0.39 is 0 Å². The van der Waals surface area contributed by atoms with Gasteiger partial charge < -0.3 is 15.5 Å². The van der Waals surface area contributed by atoms with Crippen molar-refractivity contribution in [3.63, 3.8) is 0 Å². The van der Waals surface area contributed by atoms with Gasteiger partial charge in [-0.05, 0) is 24.6 Å². The zero-order valence-corrected chi connectivity index (χ0v) is 13.0. The molecule has 0 bridgehead atoms. The highest BCUT2D eigenvalue weighted by molar-refractivity contribution is 6.02. The van der Waals surface area contributed by atoms with Crippen molar-refractivity contribution in [2.45, 2.75) is 19.5 Å². The molecule has 7 heteroatoms. The number of hydrogen-bond donors (Lipinski definition) is 2. The highest BCUT2D eigenvalue weighted by atomic mass is 16.2. The first kappa shape index (κ1) is 15.5. The van der Waals surface area contributed by atoms with Gasteiger partial charge in [-0.1, -0.05) is 12.1 Å². The van der Waals surface area contributed by atoms with Crippen LogP contribution in [0.25, 0.3) is 0 Å². The Kier molecular flexibility index (Phi) is 4.29. The topological polar surface area (TPSA) is 81.8 Å². The Morgan fingerprint density at radius 1 is 1.35 bits per heavy atom. The van der Waals surface area contributed by atoms with Crippen LogP contribution in [0.4, 0.5) is 4.79 Å². The summed E-state index contributed by atoms with van der Waals surface area (Å²) >= 11 is 0. The van der Waals surface area contributed by atoms with E-state index in [9.17, 15) is 14.4 Å². The van der Waals surface area contributed by atoms with Crippen molar-refractivity contribution in [2.24, 2.45) is 0 Å². The molecule has 1 aromatic carbocycles. The SMILES string of the molecule is CC1CNCCN1C(=O)c1cccc(CN2C(=O)CNC2=O)c1. The van der Waals surface area contributed by atoms with Gasteiger partial charge in [0.2, 0.25) is 5.91 Å². The molecule has 0 aromatic heterocycles. The van der Waals surface area contributed by atoms with Crippen LogP contribution < -0.4 is 10.6 Å². The summed E-state index contributed by atoms with van der Waals surface area (Å²) in [5, 5.41) is 5.75. The van der Waals surface area contributed by atoms with Crippen molar-refractivity contribution in [3.8, 4) is 0 Å². The van der Waals surface area contributed by atoms with E-state index in [0.717, 1.165) is 23.6 Å². The number of hydrogen-bond acceptors (Lipinski definition) is 4. The second-order valence-electron chi connectivity index (χ2n) is 5.89. The lowest BCUT2D eigenvalue weighted by atomic mass is 10.1. The zero-order valence-electron chi connectivity index (χ0n) is 13.0. The number of rotatable bonds is 3. The number of nitrogens with one attached hydrogen (secondary N) is 2. The van der Waals surface area contributed by atoms with Crippen molar-refractivity contribution >= 4 is 17.8 Å². The smallest absolute Gasteiger partial charge is 0.324 e. The predicted octanol–water partition coefficient (Wildman–Crippen LogP) is 0.172. The average Bonchev–Trinajstić information content (AvgIpc) is 2.87. The number of benzene rings is 1. The molecule has 7 nitrogen and oxygen atoms in total. The first-order valence-corrected chi connectivity index (χ1v) is 7.75. The lowest BCUT2D eigenvalue weighted by molar-refractivity contribution is -0.125. The van der Waals surface area contributed by atoms with Crippen molar-refractivity contribution in [2.75, 3.05) is 26.2 Å². The molecule has 1 atom stereocenters. The highest BCUT2D eigenvalue weighted by Crippen LogP contribution is 2.15. The molecule has 2 aliphatic heterocycles. The highest BCUT2D eigenvalue weighted by Gasteiger charge is 2.29. The number of piperazine rings is 1. The van der Waals surface area contributed by atoms with Gasteiger partial charge in [0.05, 0.1) is 13.1 Å². The van der Waals surface area contributed by atoms with E-state index in [1.54, 1.807) is 18.2 Å². The zero-order chi connectivity index (χ0) is 16.4. The summed E-state index contributed by atoms with van der Waals surface area (Å²) < 4.78 is 0. The maximum absolute atomic E-state index is 12.7. The van der Waals surface area contributed by atoms with Gasteiger partial charge in [-0.2, -0.15) is 0 Å². The second kappa shape index (κ2) is 6.37. The van der Waals surface area contributed by atoms with Gasteiger partial charge in [-0.3, -0.25) is 14.5 Å². The molecular formula is C16H20N4O3. The van der Waals surface area contributed by atoms with Crippen LogP contribution in [0.15, 0.2) is 24.3 Å². The van der Waals surface area contributed by atoms with Gasteiger partial charge >= 0.3 is 6.03 Å². The fraction of sp³-hybridized carbons (Fsp3) is 0.438. The third kappa shape index (κ3) is 3.19. The largest absolute Gasteiger partial charge is 0.333 e. The molecule has 2 aliphatic rings. The molecular weight excluding hydrogens is 296 g/mol. The number of nitrogens with zero attached hydrogens (tertiary/aromatic N) is 2. The Balaban J connectivity index is 1.75. The summed E-state index contributed by atoms with van der Waals surface area (Å²) in [5.74, 6) is -0.263. The van der Waals surface area contributed by atoms with Crippen LogP contribution in [0.2, 0.25) is 0 Å². The lowest BCUT2D eigenvalue weighted by Gasteiger charge is -2.34. The van der Waals surface area contributed by atoms with Crippen molar-refractivity contribution in [1.29, 1.82) is 0 Å². The molecule has 2 N–H and O–H groups in total. The molecule has 4 amide bonds. The van der Waals surface area contributed by atoms with E-state index in [0.29, 0.717) is 12.1 Å². The predicted molar refractivity (Wildman–Crippen MR) is 83.8 cm³/mol. The Bertz CT molecular complexity index is 630. The molecule has 1 aromatic rings. The van der Waals surface area contributed by atoms with Crippen LogP contribution in [0.3, 0.4) is 0 Å². The van der Waals surface area contributed by atoms with Crippen molar-refractivity contribution in [1.82, 2.24) is 20.4 Å². The lowest BCUT2D eigenvalue weighted by Crippen LogP contribution is -2.52. The summed E-state index contributed by atoms with van der Waals surface area (Å²) in [4.78, 5) is 38.9.